The highest BCUT2D eigenvalue weighted by atomic mass is 16.7. The van der Waals surface area contributed by atoms with E-state index in [4.69, 9.17) is 25.3 Å². The largest absolute Gasteiger partial charge is 0.466 e. The second-order valence-corrected chi connectivity index (χ2v) is 6.37. The Morgan fingerprint density at radius 2 is 1.63 bits per heavy atom. The standard InChI is InChI=1S/C15H20N6O6/c1-2-25-12(22)10-5-3-9(4-6-10)11-13(23)26-15(7-18-20-16,8-19-21-17)27-14(11)24/h9-11H,2-8H2,1H3. The number of carbonyl (C=O) groups is 3. The number of hydrogen-bond acceptors (Lipinski definition) is 8. The lowest BCUT2D eigenvalue weighted by Gasteiger charge is -2.40. The summed E-state index contributed by atoms with van der Waals surface area (Å²) >= 11 is 0. The average molecular weight is 380 g/mol. The van der Waals surface area contributed by atoms with Gasteiger partial charge >= 0.3 is 17.9 Å². The van der Waals surface area contributed by atoms with Crippen LogP contribution in [0, 0.1) is 17.8 Å². The van der Waals surface area contributed by atoms with Gasteiger partial charge in [0.25, 0.3) is 5.79 Å². The van der Waals surface area contributed by atoms with Crippen LogP contribution < -0.4 is 0 Å². The van der Waals surface area contributed by atoms with E-state index < -0.39 is 36.7 Å². The summed E-state index contributed by atoms with van der Waals surface area (Å²) in [7, 11) is 0. The highest BCUT2D eigenvalue weighted by Crippen LogP contribution is 2.38. The van der Waals surface area contributed by atoms with E-state index in [9.17, 15) is 14.4 Å². The quantitative estimate of drug-likeness (QED) is 0.215. The molecule has 0 aromatic rings. The second-order valence-electron chi connectivity index (χ2n) is 6.37. The van der Waals surface area contributed by atoms with Gasteiger partial charge < -0.3 is 14.2 Å². The Hall–Kier alpha value is -2.97. The van der Waals surface area contributed by atoms with Crippen LogP contribution in [-0.4, -0.2) is 43.4 Å². The van der Waals surface area contributed by atoms with Crippen molar-refractivity contribution in [3.63, 3.8) is 0 Å². The minimum atomic E-state index is -1.93. The van der Waals surface area contributed by atoms with Crippen molar-refractivity contribution in [3.8, 4) is 0 Å². The zero-order chi connectivity index (χ0) is 19.9. The normalized spacial score (nSPS) is 30.2. The number of rotatable bonds is 7. The molecule has 0 spiro atoms. The summed E-state index contributed by atoms with van der Waals surface area (Å²) in [5.74, 6) is -5.52. The lowest BCUT2D eigenvalue weighted by molar-refractivity contribution is -0.248. The molecule has 2 fully saturated rings. The number of azide groups is 2. The molecule has 0 aromatic carbocycles. The SMILES string of the molecule is CCOC(=O)C1CCC(C2C(=O)OC(CN=[N+]=[N-])(CN=[N+]=[N-])OC2=O)CC1. The van der Waals surface area contributed by atoms with Crippen molar-refractivity contribution < 1.29 is 28.6 Å². The number of hydrogen-bond donors (Lipinski definition) is 0. The molecule has 1 saturated heterocycles. The molecule has 0 amide bonds. The maximum atomic E-state index is 12.5. The molecule has 146 valence electrons. The molecule has 0 aromatic heterocycles. The van der Waals surface area contributed by atoms with Gasteiger partial charge in [0, 0.05) is 9.82 Å². The highest BCUT2D eigenvalue weighted by Gasteiger charge is 2.51. The molecule has 0 radical (unpaired) electrons. The zero-order valence-corrected chi connectivity index (χ0v) is 14.8. The fourth-order valence-electron chi connectivity index (χ4n) is 3.40. The Morgan fingerprint density at radius 1 is 1.11 bits per heavy atom. The summed E-state index contributed by atoms with van der Waals surface area (Å²) in [5.41, 5.74) is 16.9. The van der Waals surface area contributed by atoms with E-state index in [2.05, 4.69) is 20.1 Å². The molecule has 2 aliphatic rings. The van der Waals surface area contributed by atoms with E-state index in [0.717, 1.165) is 0 Å². The highest BCUT2D eigenvalue weighted by molar-refractivity contribution is 5.97. The minimum Gasteiger partial charge on any atom is -0.466 e. The molecule has 0 atom stereocenters. The van der Waals surface area contributed by atoms with Gasteiger partial charge in [-0.3, -0.25) is 14.4 Å². The summed E-state index contributed by atoms with van der Waals surface area (Å²) in [6.07, 6.45) is 1.95. The first-order chi connectivity index (χ1) is 13.0. The van der Waals surface area contributed by atoms with Crippen LogP contribution in [0.2, 0.25) is 0 Å². The number of cyclic esters (lactones) is 2. The van der Waals surface area contributed by atoms with Crippen molar-refractivity contribution in [1.29, 1.82) is 0 Å². The molecule has 0 N–H and O–H groups in total. The predicted molar refractivity (Wildman–Crippen MR) is 88.5 cm³/mol. The number of ether oxygens (including phenoxy) is 3. The first kappa shape index (κ1) is 20.3. The smallest absolute Gasteiger partial charge is 0.323 e. The Kier molecular flexibility index (Phi) is 6.86. The summed E-state index contributed by atoms with van der Waals surface area (Å²) in [6, 6.07) is 0. The molecular formula is C15H20N6O6. The lowest BCUT2D eigenvalue weighted by Crippen LogP contribution is -2.55. The van der Waals surface area contributed by atoms with Gasteiger partial charge in [-0.2, -0.15) is 0 Å². The van der Waals surface area contributed by atoms with Crippen LogP contribution in [0.25, 0.3) is 20.9 Å². The fraction of sp³-hybridized carbons (Fsp3) is 0.800. The third-order valence-corrected chi connectivity index (χ3v) is 4.69. The van der Waals surface area contributed by atoms with E-state index in [1.165, 1.54) is 0 Å². The summed E-state index contributed by atoms with van der Waals surface area (Å²) in [4.78, 5) is 41.9. The van der Waals surface area contributed by atoms with Crippen molar-refractivity contribution in [1.82, 2.24) is 0 Å². The van der Waals surface area contributed by atoms with Crippen molar-refractivity contribution in [2.75, 3.05) is 19.7 Å². The van der Waals surface area contributed by atoms with Crippen molar-refractivity contribution >= 4 is 17.9 Å². The van der Waals surface area contributed by atoms with E-state index >= 15 is 0 Å². The van der Waals surface area contributed by atoms with Crippen LogP contribution in [0.15, 0.2) is 10.2 Å². The third-order valence-electron chi connectivity index (χ3n) is 4.69. The van der Waals surface area contributed by atoms with Crippen LogP contribution in [0.5, 0.6) is 0 Å². The van der Waals surface area contributed by atoms with Crippen LogP contribution >= 0.6 is 0 Å². The van der Waals surface area contributed by atoms with Gasteiger partial charge in [0.1, 0.15) is 13.1 Å². The third kappa shape index (κ3) is 4.81. The summed E-state index contributed by atoms with van der Waals surface area (Å²) in [5, 5.41) is 6.53. The molecule has 1 heterocycles. The zero-order valence-electron chi connectivity index (χ0n) is 14.8. The number of esters is 3. The Labute approximate surface area is 154 Å². The molecule has 0 unspecified atom stereocenters. The Balaban J connectivity index is 2.06. The molecule has 1 saturated carbocycles. The number of nitrogens with zero attached hydrogens (tertiary/aromatic N) is 6. The molecule has 1 aliphatic carbocycles. The van der Waals surface area contributed by atoms with E-state index in [1.807, 2.05) is 0 Å². The average Bonchev–Trinajstić information content (AvgIpc) is 2.65. The van der Waals surface area contributed by atoms with Gasteiger partial charge in [0.05, 0.1) is 12.5 Å². The van der Waals surface area contributed by atoms with E-state index in [-0.39, 0.29) is 17.8 Å². The lowest BCUT2D eigenvalue weighted by atomic mass is 9.75. The van der Waals surface area contributed by atoms with Crippen LogP contribution in [0.3, 0.4) is 0 Å². The van der Waals surface area contributed by atoms with Gasteiger partial charge in [-0.05, 0) is 49.6 Å². The van der Waals surface area contributed by atoms with E-state index in [0.29, 0.717) is 32.3 Å². The second kappa shape index (κ2) is 9.11. The summed E-state index contributed by atoms with van der Waals surface area (Å²) in [6.45, 7) is 1.04. The van der Waals surface area contributed by atoms with Gasteiger partial charge in [-0.1, -0.05) is 10.2 Å². The monoisotopic (exact) mass is 380 g/mol. The molecule has 2 rings (SSSR count). The van der Waals surface area contributed by atoms with Gasteiger partial charge in [0.2, 0.25) is 0 Å². The minimum absolute atomic E-state index is 0.245. The number of carbonyl (C=O) groups excluding carboxylic acids is 3. The fourth-order valence-corrected chi connectivity index (χ4v) is 3.40. The predicted octanol–water partition coefficient (Wildman–Crippen LogP) is 2.39. The van der Waals surface area contributed by atoms with Crippen molar-refractivity contribution in [3.05, 3.63) is 20.9 Å². The first-order valence-corrected chi connectivity index (χ1v) is 8.60. The summed E-state index contributed by atoms with van der Waals surface area (Å²) < 4.78 is 15.5. The first-order valence-electron chi connectivity index (χ1n) is 8.60. The van der Waals surface area contributed by atoms with Crippen LogP contribution in [-0.2, 0) is 28.6 Å². The van der Waals surface area contributed by atoms with Crippen LogP contribution in [0.1, 0.15) is 32.6 Å². The van der Waals surface area contributed by atoms with Gasteiger partial charge in [0.15, 0.2) is 5.92 Å². The molecule has 27 heavy (non-hydrogen) atoms. The van der Waals surface area contributed by atoms with Gasteiger partial charge in [-0.25, -0.2) is 0 Å². The maximum Gasteiger partial charge on any atom is 0.323 e. The topological polar surface area (TPSA) is 176 Å². The molecular weight excluding hydrogens is 360 g/mol. The molecule has 12 nitrogen and oxygen atoms in total. The molecule has 1 aliphatic heterocycles. The Morgan fingerprint density at radius 3 is 2.07 bits per heavy atom. The molecule has 12 heteroatoms. The van der Waals surface area contributed by atoms with E-state index in [1.54, 1.807) is 6.92 Å². The Bertz CT molecular complexity index is 651. The van der Waals surface area contributed by atoms with Crippen molar-refractivity contribution in [2.45, 2.75) is 38.4 Å². The molecule has 0 bridgehead atoms. The van der Waals surface area contributed by atoms with Gasteiger partial charge in [-0.15, -0.1) is 0 Å². The van der Waals surface area contributed by atoms with Crippen molar-refractivity contribution in [2.24, 2.45) is 28.0 Å². The maximum absolute atomic E-state index is 12.5. The van der Waals surface area contributed by atoms with Crippen LogP contribution in [0.4, 0.5) is 0 Å².